The molecule has 0 radical (unpaired) electrons. The fraction of sp³-hybridized carbons (Fsp3) is 0. The van der Waals surface area contributed by atoms with Crippen LogP contribution in [0.3, 0.4) is 0 Å². The molecular weight excluding hydrogens is 490 g/mol. The first-order valence-electron chi connectivity index (χ1n) is 13.3. The number of nitrogens with zero attached hydrogens (tertiary/aromatic N) is 5. The van der Waals surface area contributed by atoms with Gasteiger partial charge in [0.05, 0.1) is 16.6 Å². The molecule has 0 N–H and O–H groups in total. The minimum absolute atomic E-state index is 0.583. The Labute approximate surface area is 230 Å². The summed E-state index contributed by atoms with van der Waals surface area (Å²) in [5.74, 6) is 1.87. The van der Waals surface area contributed by atoms with Crippen LogP contribution >= 0.6 is 0 Å². The van der Waals surface area contributed by atoms with Crippen molar-refractivity contribution in [2.24, 2.45) is 0 Å². The van der Waals surface area contributed by atoms with Gasteiger partial charge in [-0.15, -0.1) is 0 Å². The lowest BCUT2D eigenvalue weighted by Crippen LogP contribution is -2.06. The smallest absolute Gasteiger partial charge is 0.238 e. The van der Waals surface area contributed by atoms with Crippen LogP contribution in [0.4, 0.5) is 0 Å². The number of hydrogen-bond acceptors (Lipinski definition) is 3. The van der Waals surface area contributed by atoms with E-state index in [2.05, 4.69) is 88.1 Å². The van der Waals surface area contributed by atoms with Crippen molar-refractivity contribution in [3.8, 4) is 34.4 Å². The molecule has 40 heavy (non-hydrogen) atoms. The second-order valence-corrected chi connectivity index (χ2v) is 9.79. The quantitative estimate of drug-likeness (QED) is 0.238. The van der Waals surface area contributed by atoms with Crippen LogP contribution in [0.2, 0.25) is 0 Å². The molecule has 0 saturated carbocycles. The van der Waals surface area contributed by atoms with E-state index in [1.807, 2.05) is 60.7 Å². The molecule has 5 aromatic carbocycles. The van der Waals surface area contributed by atoms with Gasteiger partial charge in [0.1, 0.15) is 0 Å². The van der Waals surface area contributed by atoms with E-state index in [9.17, 15) is 0 Å². The molecular formula is C35H23N5. The van der Waals surface area contributed by atoms with E-state index in [4.69, 9.17) is 15.0 Å². The summed E-state index contributed by atoms with van der Waals surface area (Å²) in [5, 5.41) is 3.52. The molecule has 3 aromatic heterocycles. The summed E-state index contributed by atoms with van der Waals surface area (Å²) in [5.41, 5.74) is 6.35. The fourth-order valence-corrected chi connectivity index (χ4v) is 5.59. The Bertz CT molecular complexity index is 2090. The molecule has 8 aromatic rings. The van der Waals surface area contributed by atoms with Crippen molar-refractivity contribution in [3.63, 3.8) is 0 Å². The van der Waals surface area contributed by atoms with Crippen molar-refractivity contribution < 1.29 is 0 Å². The van der Waals surface area contributed by atoms with Crippen LogP contribution in [0.1, 0.15) is 0 Å². The first kappa shape index (κ1) is 22.4. The molecule has 0 bridgehead atoms. The molecule has 5 heteroatoms. The van der Waals surface area contributed by atoms with Crippen molar-refractivity contribution >= 4 is 32.7 Å². The third-order valence-electron chi connectivity index (χ3n) is 7.40. The molecule has 5 nitrogen and oxygen atoms in total. The van der Waals surface area contributed by atoms with E-state index >= 15 is 0 Å². The Balaban J connectivity index is 1.48. The maximum Gasteiger partial charge on any atom is 0.238 e. The average Bonchev–Trinajstić information content (AvgIpc) is 3.62. The van der Waals surface area contributed by atoms with E-state index in [1.54, 1.807) is 0 Å². The van der Waals surface area contributed by atoms with Crippen molar-refractivity contribution in [3.05, 3.63) is 140 Å². The summed E-state index contributed by atoms with van der Waals surface area (Å²) in [6.07, 6.45) is 2.07. The number of hydrogen-bond donors (Lipinski definition) is 0. The van der Waals surface area contributed by atoms with Gasteiger partial charge in [-0.2, -0.15) is 9.97 Å². The van der Waals surface area contributed by atoms with E-state index in [0.717, 1.165) is 38.8 Å². The van der Waals surface area contributed by atoms with Crippen LogP contribution in [0.5, 0.6) is 0 Å². The van der Waals surface area contributed by atoms with Gasteiger partial charge < -0.3 is 4.57 Å². The molecule has 0 fully saturated rings. The highest BCUT2D eigenvalue weighted by Crippen LogP contribution is 2.37. The van der Waals surface area contributed by atoms with Gasteiger partial charge in [0.2, 0.25) is 5.95 Å². The Hall–Kier alpha value is -5.55. The van der Waals surface area contributed by atoms with E-state index in [1.165, 1.54) is 10.8 Å². The second-order valence-electron chi connectivity index (χ2n) is 9.79. The zero-order chi connectivity index (χ0) is 26.5. The molecule has 0 spiro atoms. The van der Waals surface area contributed by atoms with Crippen LogP contribution in [0.25, 0.3) is 67.1 Å². The predicted molar refractivity (Wildman–Crippen MR) is 162 cm³/mol. The average molecular weight is 514 g/mol. The number of aromatic nitrogens is 5. The van der Waals surface area contributed by atoms with Gasteiger partial charge in [-0.25, -0.2) is 4.98 Å². The summed E-state index contributed by atoms with van der Waals surface area (Å²) in [7, 11) is 0. The van der Waals surface area contributed by atoms with Crippen LogP contribution in [0.15, 0.2) is 140 Å². The summed E-state index contributed by atoms with van der Waals surface area (Å²) >= 11 is 0. The molecule has 8 rings (SSSR count). The third-order valence-corrected chi connectivity index (χ3v) is 7.40. The van der Waals surface area contributed by atoms with E-state index in [0.29, 0.717) is 17.6 Å². The van der Waals surface area contributed by atoms with Gasteiger partial charge >= 0.3 is 0 Å². The molecule has 0 saturated heterocycles. The summed E-state index contributed by atoms with van der Waals surface area (Å²) in [6, 6.07) is 45.8. The zero-order valence-electron chi connectivity index (χ0n) is 21.5. The molecule has 0 unspecified atom stereocenters. The van der Waals surface area contributed by atoms with E-state index < -0.39 is 0 Å². The SMILES string of the molecule is c1ccc(-c2nc(-c3ccccc3)nc(-n3ccc4ccc5c6ccccc6n(-c6ccccc6)c5c43)n2)cc1. The highest BCUT2D eigenvalue weighted by atomic mass is 15.2. The van der Waals surface area contributed by atoms with Gasteiger partial charge in [-0.3, -0.25) is 4.57 Å². The van der Waals surface area contributed by atoms with Gasteiger partial charge in [-0.05, 0) is 24.3 Å². The Morgan fingerprint density at radius 1 is 0.450 bits per heavy atom. The Morgan fingerprint density at radius 2 is 1.05 bits per heavy atom. The molecule has 0 atom stereocenters. The van der Waals surface area contributed by atoms with Crippen molar-refractivity contribution in [2.45, 2.75) is 0 Å². The number of benzene rings is 5. The van der Waals surface area contributed by atoms with Gasteiger partial charge in [0, 0.05) is 39.2 Å². The van der Waals surface area contributed by atoms with Gasteiger partial charge in [-0.1, -0.05) is 109 Å². The number of fused-ring (bicyclic) bond motifs is 5. The highest BCUT2D eigenvalue weighted by molar-refractivity contribution is 6.18. The second kappa shape index (κ2) is 9.03. The monoisotopic (exact) mass is 513 g/mol. The fourth-order valence-electron chi connectivity index (χ4n) is 5.59. The summed E-state index contributed by atoms with van der Waals surface area (Å²) < 4.78 is 4.46. The molecule has 3 heterocycles. The molecule has 0 aliphatic carbocycles. The van der Waals surface area contributed by atoms with Crippen molar-refractivity contribution in [1.29, 1.82) is 0 Å². The Kier molecular flexibility index (Phi) is 5.07. The minimum Gasteiger partial charge on any atom is -0.307 e. The maximum atomic E-state index is 5.02. The van der Waals surface area contributed by atoms with Crippen LogP contribution in [-0.4, -0.2) is 24.1 Å². The van der Waals surface area contributed by atoms with Crippen LogP contribution < -0.4 is 0 Å². The molecule has 0 aliphatic heterocycles. The topological polar surface area (TPSA) is 48.5 Å². The molecule has 0 amide bonds. The largest absolute Gasteiger partial charge is 0.307 e. The third kappa shape index (κ3) is 3.52. The first-order chi connectivity index (χ1) is 19.8. The van der Waals surface area contributed by atoms with Crippen LogP contribution in [0, 0.1) is 0 Å². The Morgan fingerprint density at radius 3 is 1.73 bits per heavy atom. The minimum atomic E-state index is 0.583. The molecule has 0 aliphatic rings. The summed E-state index contributed by atoms with van der Waals surface area (Å²) in [6.45, 7) is 0. The lowest BCUT2D eigenvalue weighted by molar-refractivity contribution is 0.933. The van der Waals surface area contributed by atoms with Crippen molar-refractivity contribution in [1.82, 2.24) is 24.1 Å². The van der Waals surface area contributed by atoms with Crippen molar-refractivity contribution in [2.75, 3.05) is 0 Å². The molecule has 188 valence electrons. The maximum absolute atomic E-state index is 5.02. The number of para-hydroxylation sites is 2. The lowest BCUT2D eigenvalue weighted by atomic mass is 10.1. The highest BCUT2D eigenvalue weighted by Gasteiger charge is 2.19. The van der Waals surface area contributed by atoms with Gasteiger partial charge in [0.15, 0.2) is 11.6 Å². The predicted octanol–water partition coefficient (Wildman–Crippen LogP) is 8.25. The standard InChI is InChI=1S/C35H23N5/c1-4-12-25(13-5-1)33-36-34(26-14-6-2-7-15-26)38-35(37-33)39-23-22-24-20-21-29-28-18-10-11-19-30(28)40(32(29)31(24)39)27-16-8-3-9-17-27/h1-23H. The normalized spacial score (nSPS) is 11.5. The van der Waals surface area contributed by atoms with E-state index in [-0.39, 0.29) is 0 Å². The van der Waals surface area contributed by atoms with Gasteiger partial charge in [0.25, 0.3) is 0 Å². The zero-order valence-corrected chi connectivity index (χ0v) is 21.5. The summed E-state index contributed by atoms with van der Waals surface area (Å²) in [4.78, 5) is 14.9. The number of rotatable bonds is 4. The first-order valence-corrected chi connectivity index (χ1v) is 13.3. The van der Waals surface area contributed by atoms with Crippen LogP contribution in [-0.2, 0) is 0 Å². The lowest BCUT2D eigenvalue weighted by Gasteiger charge is -2.12.